The second-order valence-electron chi connectivity index (χ2n) is 6.07. The molecule has 2 aromatic rings. The number of nitrogens with one attached hydrogen (secondary N) is 1. The standard InChI is InChI=1S/C19H22N2O3S/c1-24-18(22)14-8-10-15(11-9-14)20-19(23)21-12-4-2-3-6-16(21)17-7-5-13-25-17/h5,7-11,13,16H,2-4,6,12H2,1H3,(H,20,23)/t16-/m0/s1. The van der Waals surface area contributed by atoms with Crippen molar-refractivity contribution < 1.29 is 14.3 Å². The molecule has 0 unspecified atom stereocenters. The number of likely N-dealkylation sites (tertiary alicyclic amines) is 1. The Balaban J connectivity index is 1.72. The molecule has 25 heavy (non-hydrogen) atoms. The van der Waals surface area contributed by atoms with E-state index in [0.29, 0.717) is 11.3 Å². The molecule has 0 radical (unpaired) electrons. The van der Waals surface area contributed by atoms with Gasteiger partial charge in [-0.15, -0.1) is 11.3 Å². The van der Waals surface area contributed by atoms with Crippen LogP contribution < -0.4 is 5.32 Å². The summed E-state index contributed by atoms with van der Waals surface area (Å²) in [5.74, 6) is -0.386. The Bertz CT molecular complexity index is 713. The Morgan fingerprint density at radius 3 is 2.64 bits per heavy atom. The summed E-state index contributed by atoms with van der Waals surface area (Å²) in [6.07, 6.45) is 4.31. The summed E-state index contributed by atoms with van der Waals surface area (Å²) in [6, 6.07) is 10.9. The van der Waals surface area contributed by atoms with Gasteiger partial charge in [-0.3, -0.25) is 0 Å². The van der Waals surface area contributed by atoms with Crippen LogP contribution >= 0.6 is 11.3 Å². The Morgan fingerprint density at radius 2 is 1.96 bits per heavy atom. The highest BCUT2D eigenvalue weighted by molar-refractivity contribution is 7.10. The molecule has 132 valence electrons. The van der Waals surface area contributed by atoms with Gasteiger partial charge in [0.2, 0.25) is 0 Å². The van der Waals surface area contributed by atoms with E-state index in [0.717, 1.165) is 32.2 Å². The van der Waals surface area contributed by atoms with Crippen molar-refractivity contribution in [2.24, 2.45) is 0 Å². The average molecular weight is 358 g/mol. The molecule has 1 saturated heterocycles. The Labute approximate surface area is 151 Å². The lowest BCUT2D eigenvalue weighted by Crippen LogP contribution is -2.37. The van der Waals surface area contributed by atoms with Gasteiger partial charge in [-0.05, 0) is 48.6 Å². The van der Waals surface area contributed by atoms with Crippen molar-refractivity contribution in [3.8, 4) is 0 Å². The van der Waals surface area contributed by atoms with Gasteiger partial charge in [0.05, 0.1) is 18.7 Å². The van der Waals surface area contributed by atoms with Crippen LogP contribution in [0.2, 0.25) is 0 Å². The molecule has 3 rings (SSSR count). The molecule has 1 aromatic heterocycles. The van der Waals surface area contributed by atoms with Crippen molar-refractivity contribution in [1.82, 2.24) is 4.90 Å². The second kappa shape index (κ2) is 8.16. The largest absolute Gasteiger partial charge is 0.465 e. The first kappa shape index (κ1) is 17.5. The fraction of sp³-hybridized carbons (Fsp3) is 0.368. The molecule has 2 amide bonds. The summed E-state index contributed by atoms with van der Waals surface area (Å²) in [7, 11) is 1.35. The molecule has 2 heterocycles. The minimum atomic E-state index is -0.386. The highest BCUT2D eigenvalue weighted by Gasteiger charge is 2.27. The molecule has 5 nitrogen and oxygen atoms in total. The van der Waals surface area contributed by atoms with Gasteiger partial charge in [0.15, 0.2) is 0 Å². The van der Waals surface area contributed by atoms with Gasteiger partial charge in [0, 0.05) is 17.1 Å². The van der Waals surface area contributed by atoms with Crippen LogP contribution in [-0.2, 0) is 4.74 Å². The number of amides is 2. The maximum Gasteiger partial charge on any atom is 0.337 e. The summed E-state index contributed by atoms with van der Waals surface area (Å²) in [6.45, 7) is 0.759. The number of urea groups is 1. The topological polar surface area (TPSA) is 58.6 Å². The minimum absolute atomic E-state index is 0.0916. The highest BCUT2D eigenvalue weighted by atomic mass is 32.1. The fourth-order valence-corrected chi connectivity index (χ4v) is 4.00. The van der Waals surface area contributed by atoms with Crippen LogP contribution in [0.4, 0.5) is 10.5 Å². The van der Waals surface area contributed by atoms with E-state index in [1.54, 1.807) is 35.6 Å². The van der Waals surface area contributed by atoms with Crippen LogP contribution in [-0.4, -0.2) is 30.6 Å². The van der Waals surface area contributed by atoms with Crippen LogP contribution in [0, 0.1) is 0 Å². The molecule has 0 bridgehead atoms. The van der Waals surface area contributed by atoms with Crippen molar-refractivity contribution in [1.29, 1.82) is 0 Å². The van der Waals surface area contributed by atoms with Gasteiger partial charge < -0.3 is 15.0 Å². The van der Waals surface area contributed by atoms with Crippen LogP contribution in [0.1, 0.15) is 47.0 Å². The van der Waals surface area contributed by atoms with Gasteiger partial charge in [-0.1, -0.05) is 18.9 Å². The van der Waals surface area contributed by atoms with E-state index in [9.17, 15) is 9.59 Å². The Hall–Kier alpha value is -2.34. The van der Waals surface area contributed by atoms with Crippen molar-refractivity contribution >= 4 is 29.0 Å². The molecule has 1 aromatic carbocycles. The smallest absolute Gasteiger partial charge is 0.337 e. The quantitative estimate of drug-likeness (QED) is 0.810. The Morgan fingerprint density at radius 1 is 1.16 bits per heavy atom. The number of esters is 1. The maximum absolute atomic E-state index is 12.8. The van der Waals surface area contributed by atoms with E-state index >= 15 is 0 Å². The number of hydrogen-bond acceptors (Lipinski definition) is 4. The number of anilines is 1. The molecule has 1 fully saturated rings. The summed E-state index contributed by atoms with van der Waals surface area (Å²) >= 11 is 1.70. The number of carbonyl (C=O) groups is 2. The van der Waals surface area contributed by atoms with E-state index in [2.05, 4.69) is 21.5 Å². The maximum atomic E-state index is 12.8. The summed E-state index contributed by atoms with van der Waals surface area (Å²) < 4.78 is 4.69. The van der Waals surface area contributed by atoms with E-state index in [4.69, 9.17) is 0 Å². The van der Waals surface area contributed by atoms with Gasteiger partial charge >= 0.3 is 12.0 Å². The molecule has 0 saturated carbocycles. The van der Waals surface area contributed by atoms with E-state index in [1.165, 1.54) is 12.0 Å². The molecule has 1 atom stereocenters. The first-order valence-corrected chi connectivity index (χ1v) is 9.36. The zero-order chi connectivity index (χ0) is 17.6. The molecule has 1 aliphatic rings. The third-order valence-electron chi connectivity index (χ3n) is 4.44. The van der Waals surface area contributed by atoms with E-state index in [-0.39, 0.29) is 18.0 Å². The molecular formula is C19H22N2O3S. The summed E-state index contributed by atoms with van der Waals surface area (Å²) in [4.78, 5) is 27.5. The number of methoxy groups -OCH3 is 1. The number of carbonyl (C=O) groups excluding carboxylic acids is 2. The van der Waals surface area contributed by atoms with Crippen LogP contribution in [0.3, 0.4) is 0 Å². The molecule has 1 N–H and O–H groups in total. The number of nitrogens with zero attached hydrogens (tertiary/aromatic N) is 1. The van der Waals surface area contributed by atoms with Crippen molar-refractivity contribution in [2.45, 2.75) is 31.7 Å². The number of thiophene rings is 1. The van der Waals surface area contributed by atoms with Gasteiger partial charge in [0.1, 0.15) is 0 Å². The predicted octanol–water partition coefficient (Wildman–Crippen LogP) is 4.68. The summed E-state index contributed by atoms with van der Waals surface area (Å²) in [5, 5.41) is 5.01. The second-order valence-corrected chi connectivity index (χ2v) is 7.05. The molecular weight excluding hydrogens is 336 g/mol. The number of rotatable bonds is 3. The molecule has 1 aliphatic heterocycles. The van der Waals surface area contributed by atoms with Gasteiger partial charge in [0.25, 0.3) is 0 Å². The molecule has 0 spiro atoms. The van der Waals surface area contributed by atoms with Crippen molar-refractivity contribution in [2.75, 3.05) is 19.0 Å². The zero-order valence-corrected chi connectivity index (χ0v) is 15.1. The highest BCUT2D eigenvalue weighted by Crippen LogP contribution is 2.33. The number of hydrogen-bond donors (Lipinski definition) is 1. The SMILES string of the molecule is COC(=O)c1ccc(NC(=O)N2CCCCC[C@H]2c2cccs2)cc1. The Kier molecular flexibility index (Phi) is 5.71. The monoisotopic (exact) mass is 358 g/mol. The lowest BCUT2D eigenvalue weighted by Gasteiger charge is -2.29. The first-order chi connectivity index (χ1) is 12.2. The normalized spacial score (nSPS) is 17.6. The van der Waals surface area contributed by atoms with Crippen LogP contribution in [0.5, 0.6) is 0 Å². The third kappa shape index (κ3) is 4.20. The lowest BCUT2D eigenvalue weighted by atomic mass is 10.1. The van der Waals surface area contributed by atoms with E-state index < -0.39 is 0 Å². The third-order valence-corrected chi connectivity index (χ3v) is 5.42. The molecule has 0 aliphatic carbocycles. The number of ether oxygens (including phenoxy) is 1. The van der Waals surface area contributed by atoms with Gasteiger partial charge in [-0.2, -0.15) is 0 Å². The lowest BCUT2D eigenvalue weighted by molar-refractivity contribution is 0.0600. The van der Waals surface area contributed by atoms with Crippen LogP contribution in [0.15, 0.2) is 41.8 Å². The predicted molar refractivity (Wildman–Crippen MR) is 99.0 cm³/mol. The number of benzene rings is 1. The average Bonchev–Trinajstić information content (AvgIpc) is 3.05. The van der Waals surface area contributed by atoms with Crippen molar-refractivity contribution in [3.05, 3.63) is 52.2 Å². The van der Waals surface area contributed by atoms with Gasteiger partial charge in [-0.25, -0.2) is 9.59 Å². The molecule has 6 heteroatoms. The van der Waals surface area contributed by atoms with E-state index in [1.807, 2.05) is 11.0 Å². The fourth-order valence-electron chi connectivity index (χ4n) is 3.13. The minimum Gasteiger partial charge on any atom is -0.465 e. The summed E-state index contributed by atoms with van der Waals surface area (Å²) in [5.41, 5.74) is 1.14. The van der Waals surface area contributed by atoms with Crippen LogP contribution in [0.25, 0.3) is 0 Å². The van der Waals surface area contributed by atoms with Crippen molar-refractivity contribution in [3.63, 3.8) is 0 Å². The zero-order valence-electron chi connectivity index (χ0n) is 14.2. The first-order valence-electron chi connectivity index (χ1n) is 8.48.